The van der Waals surface area contributed by atoms with Gasteiger partial charge in [-0.3, -0.25) is 14.3 Å². The Kier molecular flexibility index (Phi) is 6.09. The van der Waals surface area contributed by atoms with Gasteiger partial charge in [0, 0.05) is 12.2 Å². The number of imidazole rings is 1. The smallest absolute Gasteiger partial charge is 0.269 e. The summed E-state index contributed by atoms with van der Waals surface area (Å²) in [6.07, 6.45) is 5.41. The molecule has 1 aliphatic heterocycles. The van der Waals surface area contributed by atoms with Gasteiger partial charge in [-0.15, -0.1) is 0 Å². The lowest BCUT2D eigenvalue weighted by Gasteiger charge is -2.28. The van der Waals surface area contributed by atoms with Gasteiger partial charge in [-0.05, 0) is 67.9 Å². The van der Waals surface area contributed by atoms with Crippen LogP contribution >= 0.6 is 0 Å². The second kappa shape index (κ2) is 9.09. The Balaban J connectivity index is 1.50. The van der Waals surface area contributed by atoms with Gasteiger partial charge in [-0.25, -0.2) is 9.37 Å². The van der Waals surface area contributed by atoms with Crippen LogP contribution in [0.15, 0.2) is 61.1 Å². The first kappa shape index (κ1) is 20.1. The molecule has 1 fully saturated rings. The van der Waals surface area contributed by atoms with Crippen molar-refractivity contribution in [1.29, 1.82) is 0 Å². The highest BCUT2D eigenvalue weighted by atomic mass is 19.1. The zero-order valence-electron chi connectivity index (χ0n) is 16.9. The average Bonchev–Trinajstić information content (AvgIpc) is 3.47. The van der Waals surface area contributed by atoms with Crippen LogP contribution in [0.25, 0.3) is 5.69 Å². The SMILES string of the molecule is COc1ccc([C@H](CNC(=O)c2cncn2-c2ccc(F)cc2)N2CCCC2)cc1. The quantitative estimate of drug-likeness (QED) is 0.649. The molecule has 0 aliphatic carbocycles. The van der Waals surface area contributed by atoms with Crippen molar-refractivity contribution < 1.29 is 13.9 Å². The molecule has 1 aromatic heterocycles. The Hall–Kier alpha value is -3.19. The summed E-state index contributed by atoms with van der Waals surface area (Å²) in [6.45, 7) is 2.51. The molecule has 1 aliphatic rings. The molecule has 1 saturated heterocycles. The maximum atomic E-state index is 13.2. The fraction of sp³-hybridized carbons (Fsp3) is 0.304. The molecule has 1 atom stereocenters. The molecule has 0 radical (unpaired) electrons. The first-order chi connectivity index (χ1) is 14.7. The van der Waals surface area contributed by atoms with Crippen LogP contribution in [0.2, 0.25) is 0 Å². The number of likely N-dealkylation sites (tertiary alicyclic amines) is 1. The maximum Gasteiger partial charge on any atom is 0.269 e. The molecule has 0 saturated carbocycles. The molecule has 30 heavy (non-hydrogen) atoms. The number of nitrogens with zero attached hydrogens (tertiary/aromatic N) is 3. The Bertz CT molecular complexity index is 979. The number of halogens is 1. The number of carbonyl (C=O) groups is 1. The molecule has 0 unspecified atom stereocenters. The zero-order chi connectivity index (χ0) is 20.9. The van der Waals surface area contributed by atoms with Crippen LogP contribution in [-0.4, -0.2) is 47.1 Å². The van der Waals surface area contributed by atoms with Crippen molar-refractivity contribution in [3.63, 3.8) is 0 Å². The van der Waals surface area contributed by atoms with E-state index in [0.717, 1.165) is 37.2 Å². The van der Waals surface area contributed by atoms with Crippen LogP contribution in [0, 0.1) is 5.82 Å². The summed E-state index contributed by atoms with van der Waals surface area (Å²) in [7, 11) is 1.65. The van der Waals surface area contributed by atoms with Gasteiger partial charge in [0.25, 0.3) is 5.91 Å². The molecule has 7 heteroatoms. The Morgan fingerprint density at radius 2 is 1.83 bits per heavy atom. The topological polar surface area (TPSA) is 59.4 Å². The Morgan fingerprint density at radius 1 is 1.13 bits per heavy atom. The van der Waals surface area contributed by atoms with Crippen LogP contribution in [0.1, 0.15) is 34.9 Å². The van der Waals surface area contributed by atoms with Gasteiger partial charge in [0.1, 0.15) is 17.3 Å². The van der Waals surface area contributed by atoms with Crippen LogP contribution < -0.4 is 10.1 Å². The average molecular weight is 408 g/mol. The first-order valence-corrected chi connectivity index (χ1v) is 10.1. The molecule has 3 aromatic rings. The molecule has 6 nitrogen and oxygen atoms in total. The molecule has 4 rings (SSSR count). The maximum absolute atomic E-state index is 13.2. The minimum Gasteiger partial charge on any atom is -0.497 e. The number of hydrogen-bond donors (Lipinski definition) is 1. The summed E-state index contributed by atoms with van der Waals surface area (Å²) < 4.78 is 20.2. The van der Waals surface area contributed by atoms with E-state index in [1.54, 1.807) is 30.1 Å². The number of carbonyl (C=O) groups excluding carboxylic acids is 1. The molecule has 0 spiro atoms. The van der Waals surface area contributed by atoms with Crippen LogP contribution in [0.4, 0.5) is 4.39 Å². The standard InChI is InChI=1S/C23H25FN4O2/c1-30-20-10-4-17(5-11-20)21(27-12-2-3-13-27)15-26-23(29)22-14-25-16-28(22)19-8-6-18(24)7-9-19/h4-11,14,16,21H,2-3,12-13,15H2,1H3,(H,26,29)/t21-/m0/s1. The fourth-order valence-electron chi connectivity index (χ4n) is 3.89. The van der Waals surface area contributed by atoms with Crippen molar-refractivity contribution in [2.24, 2.45) is 0 Å². The highest BCUT2D eigenvalue weighted by Crippen LogP contribution is 2.26. The van der Waals surface area contributed by atoms with Crippen molar-refractivity contribution in [2.75, 3.05) is 26.7 Å². The molecule has 1 N–H and O–H groups in total. The van der Waals surface area contributed by atoms with Crippen molar-refractivity contribution in [1.82, 2.24) is 19.8 Å². The Morgan fingerprint density at radius 3 is 2.50 bits per heavy atom. The summed E-state index contributed by atoms with van der Waals surface area (Å²) >= 11 is 0. The molecule has 0 bridgehead atoms. The molecule has 156 valence electrons. The molecular weight excluding hydrogens is 383 g/mol. The minimum atomic E-state index is -0.321. The second-order valence-electron chi connectivity index (χ2n) is 7.37. The van der Waals surface area contributed by atoms with E-state index < -0.39 is 0 Å². The van der Waals surface area contributed by atoms with E-state index in [1.165, 1.54) is 18.3 Å². The third-order valence-electron chi connectivity index (χ3n) is 5.51. The van der Waals surface area contributed by atoms with Crippen LogP contribution in [0.3, 0.4) is 0 Å². The highest BCUT2D eigenvalue weighted by molar-refractivity contribution is 5.93. The third kappa shape index (κ3) is 4.36. The number of methoxy groups -OCH3 is 1. The summed E-state index contributed by atoms with van der Waals surface area (Å²) in [5.74, 6) is 0.276. The number of hydrogen-bond acceptors (Lipinski definition) is 4. The van der Waals surface area contributed by atoms with E-state index in [-0.39, 0.29) is 17.8 Å². The van der Waals surface area contributed by atoms with Crippen LogP contribution in [-0.2, 0) is 0 Å². The molecule has 2 aromatic carbocycles. The number of benzene rings is 2. The number of nitrogens with one attached hydrogen (secondary N) is 1. The minimum absolute atomic E-state index is 0.0875. The lowest BCUT2D eigenvalue weighted by molar-refractivity contribution is 0.0931. The van der Waals surface area contributed by atoms with Crippen molar-refractivity contribution >= 4 is 5.91 Å². The predicted octanol–water partition coefficient (Wildman–Crippen LogP) is 3.59. The van der Waals surface area contributed by atoms with E-state index in [9.17, 15) is 9.18 Å². The molecule has 1 amide bonds. The molecular formula is C23H25FN4O2. The summed E-state index contributed by atoms with van der Waals surface area (Å²) in [5.41, 5.74) is 2.24. The second-order valence-corrected chi connectivity index (χ2v) is 7.37. The lowest BCUT2D eigenvalue weighted by atomic mass is 10.1. The normalized spacial score (nSPS) is 15.1. The van der Waals surface area contributed by atoms with E-state index >= 15 is 0 Å². The number of amides is 1. The van der Waals surface area contributed by atoms with Gasteiger partial charge >= 0.3 is 0 Å². The van der Waals surface area contributed by atoms with Gasteiger partial charge < -0.3 is 10.1 Å². The predicted molar refractivity (Wildman–Crippen MR) is 112 cm³/mol. The summed E-state index contributed by atoms with van der Waals surface area (Å²) in [4.78, 5) is 19.4. The monoisotopic (exact) mass is 408 g/mol. The van der Waals surface area contributed by atoms with Crippen molar-refractivity contribution in [3.05, 3.63) is 78.1 Å². The van der Waals surface area contributed by atoms with Gasteiger partial charge in [0.05, 0.1) is 25.7 Å². The van der Waals surface area contributed by atoms with E-state index in [1.807, 2.05) is 12.1 Å². The van der Waals surface area contributed by atoms with Gasteiger partial charge in [-0.2, -0.15) is 0 Å². The largest absolute Gasteiger partial charge is 0.497 e. The van der Waals surface area contributed by atoms with Gasteiger partial charge in [0.15, 0.2) is 0 Å². The number of aromatic nitrogens is 2. The van der Waals surface area contributed by atoms with Gasteiger partial charge in [-0.1, -0.05) is 12.1 Å². The third-order valence-corrected chi connectivity index (χ3v) is 5.51. The summed E-state index contributed by atoms with van der Waals surface area (Å²) in [6, 6.07) is 14.1. The number of ether oxygens (including phenoxy) is 1. The van der Waals surface area contributed by atoms with Crippen molar-refractivity contribution in [3.8, 4) is 11.4 Å². The highest BCUT2D eigenvalue weighted by Gasteiger charge is 2.25. The van der Waals surface area contributed by atoms with E-state index in [4.69, 9.17) is 4.74 Å². The van der Waals surface area contributed by atoms with E-state index in [0.29, 0.717) is 17.9 Å². The van der Waals surface area contributed by atoms with Gasteiger partial charge in [0.2, 0.25) is 0 Å². The molecule has 2 heterocycles. The first-order valence-electron chi connectivity index (χ1n) is 10.1. The van der Waals surface area contributed by atoms with E-state index in [2.05, 4.69) is 27.3 Å². The Labute approximate surface area is 175 Å². The zero-order valence-corrected chi connectivity index (χ0v) is 16.9. The lowest BCUT2D eigenvalue weighted by Crippen LogP contribution is -2.37. The van der Waals surface area contributed by atoms with Crippen molar-refractivity contribution in [2.45, 2.75) is 18.9 Å². The van der Waals surface area contributed by atoms with Crippen LogP contribution in [0.5, 0.6) is 5.75 Å². The number of rotatable bonds is 7. The fourth-order valence-corrected chi connectivity index (χ4v) is 3.89. The summed E-state index contributed by atoms with van der Waals surface area (Å²) in [5, 5.41) is 3.06.